The van der Waals surface area contributed by atoms with E-state index in [4.69, 9.17) is 4.74 Å². The molecule has 1 saturated heterocycles. The van der Waals surface area contributed by atoms with Crippen molar-refractivity contribution in [2.24, 2.45) is 0 Å². The second kappa shape index (κ2) is 13.2. The molecule has 1 fully saturated rings. The molecule has 0 spiro atoms. The highest BCUT2D eigenvalue weighted by Crippen LogP contribution is 2.37. The fraction of sp³-hybridized carbons (Fsp3) is 0.440. The van der Waals surface area contributed by atoms with Crippen molar-refractivity contribution in [1.82, 2.24) is 0 Å². The standard InChI is InChI=1S/C20H24O6.C3H4.C2H6/c1-11-14(13-7-5-12(9-21)6-8-13)3-2-4-15(11)20-19(25)18(24)17(23)16(10-22)26-20;1-3-2;1-2/h2-8,16-25H,9-10H2,1H3;1H,2H3;1-2H3/t16?,17-,18?,19?,20-;;/m1../s1. The molecule has 1 aliphatic heterocycles. The van der Waals surface area contributed by atoms with Gasteiger partial charge in [-0.15, -0.1) is 12.3 Å². The Morgan fingerprint density at radius 1 is 0.935 bits per heavy atom. The molecule has 0 bridgehead atoms. The zero-order chi connectivity index (χ0) is 23.6. The van der Waals surface area contributed by atoms with Crippen molar-refractivity contribution in [3.63, 3.8) is 0 Å². The Morgan fingerprint density at radius 2 is 1.52 bits per heavy atom. The van der Waals surface area contributed by atoms with Crippen LogP contribution in [0.25, 0.3) is 11.1 Å². The Kier molecular flexibility index (Phi) is 11.4. The zero-order valence-corrected chi connectivity index (χ0v) is 18.6. The molecule has 5 N–H and O–H groups in total. The van der Waals surface area contributed by atoms with Crippen LogP contribution in [0.4, 0.5) is 0 Å². The normalized spacial score (nSPS) is 24.7. The molecule has 6 heteroatoms. The van der Waals surface area contributed by atoms with E-state index in [9.17, 15) is 25.5 Å². The lowest BCUT2D eigenvalue weighted by Gasteiger charge is -2.40. The van der Waals surface area contributed by atoms with E-state index in [1.807, 2.05) is 57.2 Å². The van der Waals surface area contributed by atoms with Crippen LogP contribution in [-0.4, -0.2) is 56.6 Å². The van der Waals surface area contributed by atoms with Crippen molar-refractivity contribution < 1.29 is 30.3 Å². The van der Waals surface area contributed by atoms with Gasteiger partial charge in [0.2, 0.25) is 0 Å². The van der Waals surface area contributed by atoms with Gasteiger partial charge in [0.15, 0.2) is 0 Å². The number of hydrogen-bond donors (Lipinski definition) is 5. The lowest BCUT2D eigenvalue weighted by Crippen LogP contribution is -2.55. The lowest BCUT2D eigenvalue weighted by molar-refractivity contribution is -0.231. The summed E-state index contributed by atoms with van der Waals surface area (Å²) in [6.07, 6.45) is -1.29. The summed E-state index contributed by atoms with van der Waals surface area (Å²) < 4.78 is 5.68. The molecule has 170 valence electrons. The van der Waals surface area contributed by atoms with Crippen LogP contribution in [0.5, 0.6) is 0 Å². The average molecular weight is 431 g/mol. The van der Waals surface area contributed by atoms with Gasteiger partial charge in [-0.05, 0) is 41.7 Å². The van der Waals surface area contributed by atoms with Gasteiger partial charge < -0.3 is 30.3 Å². The predicted molar refractivity (Wildman–Crippen MR) is 121 cm³/mol. The van der Waals surface area contributed by atoms with Crippen molar-refractivity contribution in [3.8, 4) is 23.5 Å². The Hall–Kier alpha value is -2.24. The summed E-state index contributed by atoms with van der Waals surface area (Å²) >= 11 is 0. The first-order valence-corrected chi connectivity index (χ1v) is 10.4. The summed E-state index contributed by atoms with van der Waals surface area (Å²) in [6.45, 7) is 7.07. The van der Waals surface area contributed by atoms with E-state index in [0.717, 1.165) is 22.3 Å². The number of hydrogen-bond acceptors (Lipinski definition) is 6. The largest absolute Gasteiger partial charge is 0.394 e. The van der Waals surface area contributed by atoms with Gasteiger partial charge in [-0.25, -0.2) is 0 Å². The third-order valence-corrected chi connectivity index (χ3v) is 5.02. The number of benzene rings is 2. The third-order valence-electron chi connectivity index (χ3n) is 5.02. The summed E-state index contributed by atoms with van der Waals surface area (Å²) in [5.41, 5.74) is 4.26. The monoisotopic (exact) mass is 430 g/mol. The smallest absolute Gasteiger partial charge is 0.113 e. The maximum Gasteiger partial charge on any atom is 0.113 e. The molecule has 5 atom stereocenters. The fourth-order valence-electron chi connectivity index (χ4n) is 3.42. The molecule has 0 saturated carbocycles. The van der Waals surface area contributed by atoms with E-state index in [1.165, 1.54) is 0 Å². The van der Waals surface area contributed by atoms with Crippen LogP contribution in [0.2, 0.25) is 0 Å². The molecular weight excluding hydrogens is 396 g/mol. The van der Waals surface area contributed by atoms with Gasteiger partial charge in [-0.2, -0.15) is 0 Å². The van der Waals surface area contributed by atoms with E-state index in [1.54, 1.807) is 13.0 Å². The van der Waals surface area contributed by atoms with Gasteiger partial charge in [-0.3, -0.25) is 0 Å². The van der Waals surface area contributed by atoms with E-state index in [0.29, 0.717) is 5.56 Å². The van der Waals surface area contributed by atoms with Gasteiger partial charge in [-0.1, -0.05) is 56.3 Å². The molecule has 1 aliphatic rings. The van der Waals surface area contributed by atoms with Crippen LogP contribution >= 0.6 is 0 Å². The van der Waals surface area contributed by atoms with E-state index >= 15 is 0 Å². The number of aliphatic hydroxyl groups excluding tert-OH is 5. The Bertz CT molecular complexity index is 825. The Morgan fingerprint density at radius 3 is 2.03 bits per heavy atom. The Labute approximate surface area is 184 Å². The molecular formula is C25H34O6. The highest BCUT2D eigenvalue weighted by atomic mass is 16.5. The molecule has 0 amide bonds. The molecule has 6 nitrogen and oxygen atoms in total. The van der Waals surface area contributed by atoms with Crippen LogP contribution < -0.4 is 0 Å². The highest BCUT2D eigenvalue weighted by Gasteiger charge is 2.44. The first-order valence-electron chi connectivity index (χ1n) is 10.4. The summed E-state index contributed by atoms with van der Waals surface area (Å²) in [4.78, 5) is 0. The van der Waals surface area contributed by atoms with Crippen LogP contribution in [0.3, 0.4) is 0 Å². The average Bonchev–Trinajstić information content (AvgIpc) is 2.80. The second-order valence-corrected chi connectivity index (χ2v) is 6.91. The van der Waals surface area contributed by atoms with Crippen molar-refractivity contribution in [2.75, 3.05) is 6.61 Å². The Balaban J connectivity index is 0.000000884. The SMILES string of the molecule is C#CC.CC.Cc1c(-c2ccc(CO)cc2)cccc1[C@H]1OC(CO)[C@@H](O)C(O)C1O. The van der Waals surface area contributed by atoms with Gasteiger partial charge in [0, 0.05) is 0 Å². The van der Waals surface area contributed by atoms with Crippen LogP contribution in [-0.2, 0) is 11.3 Å². The zero-order valence-electron chi connectivity index (χ0n) is 18.6. The molecule has 1 heterocycles. The molecule has 0 radical (unpaired) electrons. The first-order chi connectivity index (χ1) is 14.9. The first kappa shape index (κ1) is 26.8. The van der Waals surface area contributed by atoms with Crippen molar-refractivity contribution in [1.29, 1.82) is 0 Å². The molecule has 0 aromatic heterocycles. The van der Waals surface area contributed by atoms with Gasteiger partial charge in [0.05, 0.1) is 13.2 Å². The number of rotatable bonds is 4. The quantitative estimate of drug-likeness (QED) is 0.476. The topological polar surface area (TPSA) is 110 Å². The summed E-state index contributed by atoms with van der Waals surface area (Å²) in [6, 6.07) is 13.1. The lowest BCUT2D eigenvalue weighted by atomic mass is 9.87. The molecule has 2 aromatic rings. The van der Waals surface area contributed by atoms with Crippen LogP contribution in [0.1, 0.15) is 43.6 Å². The van der Waals surface area contributed by atoms with Crippen LogP contribution in [0.15, 0.2) is 42.5 Å². The van der Waals surface area contributed by atoms with E-state index < -0.39 is 37.1 Å². The molecule has 31 heavy (non-hydrogen) atoms. The maximum absolute atomic E-state index is 10.4. The molecule has 0 aliphatic carbocycles. The van der Waals surface area contributed by atoms with Crippen molar-refractivity contribution in [3.05, 3.63) is 59.2 Å². The summed E-state index contributed by atoms with van der Waals surface area (Å²) in [5, 5.41) is 49.0. The predicted octanol–water partition coefficient (Wildman–Crippen LogP) is 2.33. The fourth-order valence-corrected chi connectivity index (χ4v) is 3.42. The van der Waals surface area contributed by atoms with Gasteiger partial charge in [0.1, 0.15) is 30.5 Å². The minimum atomic E-state index is -1.40. The molecule has 3 rings (SSSR count). The van der Waals surface area contributed by atoms with Crippen molar-refractivity contribution in [2.45, 2.75) is 64.8 Å². The number of terminal acetylenes is 1. The van der Waals surface area contributed by atoms with E-state index in [-0.39, 0.29) is 6.61 Å². The van der Waals surface area contributed by atoms with E-state index in [2.05, 4.69) is 12.3 Å². The van der Waals surface area contributed by atoms with Crippen molar-refractivity contribution >= 4 is 0 Å². The number of ether oxygens (including phenoxy) is 1. The minimum absolute atomic E-state index is 0.0236. The maximum atomic E-state index is 10.4. The summed E-state index contributed by atoms with van der Waals surface area (Å²) in [5.74, 6) is 2.25. The highest BCUT2D eigenvalue weighted by molar-refractivity contribution is 5.69. The third kappa shape index (κ3) is 6.37. The van der Waals surface area contributed by atoms with Crippen LogP contribution in [0, 0.1) is 19.3 Å². The minimum Gasteiger partial charge on any atom is -0.394 e. The van der Waals surface area contributed by atoms with Gasteiger partial charge in [0.25, 0.3) is 0 Å². The molecule has 3 unspecified atom stereocenters. The summed E-state index contributed by atoms with van der Waals surface area (Å²) in [7, 11) is 0. The number of aliphatic hydroxyl groups is 5. The molecule has 2 aromatic carbocycles. The van der Waals surface area contributed by atoms with Gasteiger partial charge >= 0.3 is 0 Å². The second-order valence-electron chi connectivity index (χ2n) is 6.91.